The molecule has 0 spiro atoms. The minimum absolute atomic E-state index is 0.0393. The lowest BCUT2D eigenvalue weighted by molar-refractivity contribution is -0.140. The Bertz CT molecular complexity index is 728. The molecular formula is C27H46N2O2. The monoisotopic (exact) mass is 430 g/mol. The van der Waals surface area contributed by atoms with Crippen molar-refractivity contribution in [2.24, 2.45) is 5.41 Å². The summed E-state index contributed by atoms with van der Waals surface area (Å²) in [6.45, 7) is 20.2. The molecule has 3 aliphatic heterocycles. The first-order valence-electron chi connectivity index (χ1n) is 12.6. The highest BCUT2D eigenvalue weighted by atomic mass is 16.2. The number of fused-ring (bicyclic) bond motifs is 3. The first kappa shape index (κ1) is 27.4. The van der Waals surface area contributed by atoms with Crippen LogP contribution in [-0.4, -0.2) is 41.3 Å². The Kier molecular flexibility index (Phi) is 10.4. The number of amides is 1. The average molecular weight is 431 g/mol. The lowest BCUT2D eigenvalue weighted by Crippen LogP contribution is -2.69. The van der Waals surface area contributed by atoms with Crippen LogP contribution >= 0.6 is 0 Å². The highest BCUT2D eigenvalue weighted by Crippen LogP contribution is 2.52. The molecule has 1 aromatic carbocycles. The highest BCUT2D eigenvalue weighted by Gasteiger charge is 2.58. The number of carbonyl (C=O) groups excluding carboxylic acids is 2. The summed E-state index contributed by atoms with van der Waals surface area (Å²) in [7, 11) is 0. The Labute approximate surface area is 191 Å². The van der Waals surface area contributed by atoms with Gasteiger partial charge in [0.15, 0.2) is 5.78 Å². The number of benzene rings is 1. The van der Waals surface area contributed by atoms with E-state index >= 15 is 0 Å². The van der Waals surface area contributed by atoms with E-state index in [1.54, 1.807) is 0 Å². The van der Waals surface area contributed by atoms with Crippen molar-refractivity contribution in [3.63, 3.8) is 0 Å². The van der Waals surface area contributed by atoms with E-state index in [0.29, 0.717) is 18.5 Å². The Morgan fingerprint density at radius 1 is 0.968 bits per heavy atom. The van der Waals surface area contributed by atoms with E-state index < -0.39 is 0 Å². The summed E-state index contributed by atoms with van der Waals surface area (Å²) in [5.74, 6) is 0.347. The Morgan fingerprint density at radius 2 is 1.58 bits per heavy atom. The van der Waals surface area contributed by atoms with E-state index in [1.165, 1.54) is 0 Å². The van der Waals surface area contributed by atoms with Crippen LogP contribution in [0.5, 0.6) is 0 Å². The predicted molar refractivity (Wildman–Crippen MR) is 133 cm³/mol. The lowest BCUT2D eigenvalue weighted by atomic mass is 9.61. The van der Waals surface area contributed by atoms with Crippen molar-refractivity contribution in [3.05, 3.63) is 29.8 Å². The molecule has 3 aliphatic rings. The van der Waals surface area contributed by atoms with Gasteiger partial charge in [-0.3, -0.25) is 14.5 Å². The highest BCUT2D eigenvalue weighted by molar-refractivity contribution is 6.08. The number of nitrogens with zero attached hydrogens (tertiary/aromatic N) is 2. The van der Waals surface area contributed by atoms with Crippen LogP contribution in [0.15, 0.2) is 24.3 Å². The van der Waals surface area contributed by atoms with E-state index in [9.17, 15) is 9.59 Å². The van der Waals surface area contributed by atoms with E-state index in [2.05, 4.69) is 25.7 Å². The summed E-state index contributed by atoms with van der Waals surface area (Å²) in [6.07, 6.45) is 4.74. The summed E-state index contributed by atoms with van der Waals surface area (Å²) in [5, 5.41) is 0. The van der Waals surface area contributed by atoms with E-state index in [-0.39, 0.29) is 28.7 Å². The molecule has 2 unspecified atom stereocenters. The van der Waals surface area contributed by atoms with Gasteiger partial charge in [-0.05, 0) is 63.6 Å². The third-order valence-corrected chi connectivity index (χ3v) is 6.69. The van der Waals surface area contributed by atoms with Crippen molar-refractivity contribution in [1.29, 1.82) is 0 Å². The van der Waals surface area contributed by atoms with Crippen LogP contribution in [0.4, 0.5) is 5.69 Å². The summed E-state index contributed by atoms with van der Waals surface area (Å²) in [6, 6.07) is 7.59. The van der Waals surface area contributed by atoms with Gasteiger partial charge in [0.1, 0.15) is 0 Å². The van der Waals surface area contributed by atoms with Crippen LogP contribution in [0.25, 0.3) is 0 Å². The Morgan fingerprint density at radius 3 is 2.19 bits per heavy atom. The van der Waals surface area contributed by atoms with Gasteiger partial charge in [0.25, 0.3) is 0 Å². The summed E-state index contributed by atoms with van der Waals surface area (Å²) in [4.78, 5) is 30.9. The molecular weight excluding hydrogens is 384 g/mol. The third kappa shape index (κ3) is 5.05. The molecule has 0 N–H and O–H groups in total. The fraction of sp³-hybridized carbons (Fsp3) is 0.704. The van der Waals surface area contributed by atoms with Gasteiger partial charge in [-0.2, -0.15) is 0 Å². The molecule has 2 atom stereocenters. The number of hydrogen-bond donors (Lipinski definition) is 0. The average Bonchev–Trinajstić information content (AvgIpc) is 2.84. The lowest BCUT2D eigenvalue weighted by Gasteiger charge is -2.59. The second kappa shape index (κ2) is 11.8. The van der Waals surface area contributed by atoms with E-state index in [1.807, 2.05) is 70.7 Å². The van der Waals surface area contributed by atoms with Crippen molar-refractivity contribution in [2.45, 2.75) is 106 Å². The number of para-hydroxylation sites is 1. The van der Waals surface area contributed by atoms with Crippen LogP contribution < -0.4 is 4.90 Å². The zero-order chi connectivity index (χ0) is 23.8. The largest absolute Gasteiger partial charge is 0.305 e. The zero-order valence-electron chi connectivity index (χ0n) is 21.5. The molecule has 3 heterocycles. The van der Waals surface area contributed by atoms with Crippen molar-refractivity contribution in [1.82, 2.24) is 4.90 Å². The molecule has 0 radical (unpaired) electrons. The molecule has 1 aromatic rings. The molecule has 0 aliphatic carbocycles. The second-order valence-corrected chi connectivity index (χ2v) is 8.61. The van der Waals surface area contributed by atoms with E-state index in [0.717, 1.165) is 37.9 Å². The van der Waals surface area contributed by atoms with Gasteiger partial charge in [0.2, 0.25) is 5.91 Å². The maximum Gasteiger partial charge on any atom is 0.245 e. The summed E-state index contributed by atoms with van der Waals surface area (Å²) >= 11 is 0. The molecule has 4 nitrogen and oxygen atoms in total. The predicted octanol–water partition coefficient (Wildman–Crippen LogP) is 6.73. The maximum atomic E-state index is 13.8. The molecule has 1 amide bonds. The molecule has 176 valence electrons. The van der Waals surface area contributed by atoms with Crippen molar-refractivity contribution >= 4 is 17.4 Å². The van der Waals surface area contributed by atoms with Crippen molar-refractivity contribution < 1.29 is 9.59 Å². The molecule has 4 heteroatoms. The van der Waals surface area contributed by atoms with Crippen LogP contribution in [0, 0.1) is 5.41 Å². The van der Waals surface area contributed by atoms with Gasteiger partial charge >= 0.3 is 0 Å². The zero-order valence-corrected chi connectivity index (χ0v) is 21.5. The summed E-state index contributed by atoms with van der Waals surface area (Å²) < 4.78 is 0. The smallest absolute Gasteiger partial charge is 0.245 e. The van der Waals surface area contributed by atoms with Gasteiger partial charge in [-0.1, -0.05) is 60.6 Å². The minimum atomic E-state index is -0.284. The van der Waals surface area contributed by atoms with Crippen LogP contribution in [0.1, 0.15) is 105 Å². The molecule has 2 bridgehead atoms. The minimum Gasteiger partial charge on any atom is -0.305 e. The Balaban J connectivity index is 0.000000739. The maximum absolute atomic E-state index is 13.8. The molecule has 2 saturated heterocycles. The number of rotatable bonds is 1. The Hall–Kier alpha value is -1.68. The normalized spacial score (nSPS) is 26.2. The molecule has 2 fully saturated rings. The first-order chi connectivity index (χ1) is 14.9. The van der Waals surface area contributed by atoms with Crippen LogP contribution in [-0.2, 0) is 4.79 Å². The fourth-order valence-electron chi connectivity index (χ4n) is 5.72. The number of anilines is 1. The number of carbonyl (C=O) groups is 2. The summed E-state index contributed by atoms with van der Waals surface area (Å²) in [5.41, 5.74) is 1.26. The van der Waals surface area contributed by atoms with E-state index in [4.69, 9.17) is 0 Å². The van der Waals surface area contributed by atoms with Crippen LogP contribution in [0.2, 0.25) is 0 Å². The van der Waals surface area contributed by atoms with Crippen molar-refractivity contribution in [3.8, 4) is 0 Å². The standard InChI is InChI=1S/C21H28N2O2.3C2H6/c1-4-21-11-7-12-22-13-10-17(24)15-8-5-6-9-16(15)23(19(25)18(21)22)20(2,3)14-21;3*1-2/h5-6,8-9,18H,4,7,10-14H2,1-3H3;3*1-2H3. The number of ketones is 1. The van der Waals surface area contributed by atoms with Gasteiger partial charge in [-0.15, -0.1) is 0 Å². The SMILES string of the molecule is CC.CC.CC.CCC12CCCN3CCC(=O)c4ccccc4N(C(=O)C31)C(C)(C)C2. The van der Waals surface area contributed by atoms with Gasteiger partial charge in [0, 0.05) is 24.1 Å². The topological polar surface area (TPSA) is 40.6 Å². The molecule has 31 heavy (non-hydrogen) atoms. The van der Waals surface area contributed by atoms with Gasteiger partial charge in [-0.25, -0.2) is 0 Å². The molecule has 0 aromatic heterocycles. The molecule has 0 saturated carbocycles. The van der Waals surface area contributed by atoms with Crippen molar-refractivity contribution in [2.75, 3.05) is 18.0 Å². The quantitative estimate of drug-likeness (QED) is 0.496. The second-order valence-electron chi connectivity index (χ2n) is 8.61. The van der Waals surface area contributed by atoms with Gasteiger partial charge in [0.05, 0.1) is 11.7 Å². The molecule has 4 rings (SSSR count). The third-order valence-electron chi connectivity index (χ3n) is 6.69. The fourth-order valence-corrected chi connectivity index (χ4v) is 5.72. The number of Topliss-reactive ketones (excluding diaryl/α,β-unsaturated/α-hetero) is 1. The van der Waals surface area contributed by atoms with Gasteiger partial charge < -0.3 is 4.90 Å². The number of piperidine rings is 2. The first-order valence-corrected chi connectivity index (χ1v) is 12.6. The number of hydrogen-bond acceptors (Lipinski definition) is 3. The van der Waals surface area contributed by atoms with Crippen LogP contribution in [0.3, 0.4) is 0 Å².